The molecule has 6 rings (SSSR count). The van der Waals surface area contributed by atoms with Gasteiger partial charge >= 0.3 is 0 Å². The van der Waals surface area contributed by atoms with Crippen molar-refractivity contribution in [3.8, 4) is 22.5 Å². The second kappa shape index (κ2) is 11.6. The lowest BCUT2D eigenvalue weighted by molar-refractivity contribution is -0.133. The zero-order valence-corrected chi connectivity index (χ0v) is 23.4. The molecule has 1 aromatic carbocycles. The van der Waals surface area contributed by atoms with Gasteiger partial charge in [0.05, 0.1) is 0 Å². The summed E-state index contributed by atoms with van der Waals surface area (Å²) in [5.74, 6) is 1.04. The number of anilines is 1. The van der Waals surface area contributed by atoms with E-state index in [-0.39, 0.29) is 30.1 Å². The van der Waals surface area contributed by atoms with Gasteiger partial charge in [-0.1, -0.05) is 28.9 Å². The number of pyridine rings is 1. The maximum absolute atomic E-state index is 14.0. The van der Waals surface area contributed by atoms with E-state index >= 15 is 0 Å². The van der Waals surface area contributed by atoms with Crippen LogP contribution in [0.5, 0.6) is 0 Å². The van der Waals surface area contributed by atoms with E-state index < -0.39 is 0 Å². The van der Waals surface area contributed by atoms with E-state index in [1.165, 1.54) is 4.57 Å². The average Bonchev–Trinajstić information content (AvgIpc) is 3.41. The number of piperidine rings is 1. The molecule has 1 atom stereocenters. The van der Waals surface area contributed by atoms with Crippen LogP contribution in [0.2, 0.25) is 5.02 Å². The van der Waals surface area contributed by atoms with Crippen molar-refractivity contribution in [2.24, 2.45) is 5.73 Å². The van der Waals surface area contributed by atoms with Gasteiger partial charge in [-0.05, 0) is 37.8 Å². The number of benzene rings is 1. The molecule has 5 heterocycles. The van der Waals surface area contributed by atoms with E-state index in [0.29, 0.717) is 76.7 Å². The number of nitrogens with zero attached hydrogens (tertiary/aromatic N) is 6. The predicted octanol–water partition coefficient (Wildman–Crippen LogP) is 3.01. The standard InChI is InChI=1S/C28H31ClN8O4/c1-16-32-25(35-41-16)17-4-5-21(23(29)12-17)22-11-18-13-31-28(33-20-6-9-40-10-7-20)34-26(18)37(27(22)39)15-24(38)36-8-2-3-19(30)14-36/h4-5,11-13,19-20H,2-3,6-10,14-15,30H2,1H3,(H,31,33,34). The van der Waals surface area contributed by atoms with Crippen molar-refractivity contribution in [3.63, 3.8) is 0 Å². The molecule has 0 bridgehead atoms. The van der Waals surface area contributed by atoms with Crippen LogP contribution in [-0.2, 0) is 16.1 Å². The Morgan fingerprint density at radius 3 is 2.73 bits per heavy atom. The third-order valence-electron chi connectivity index (χ3n) is 7.53. The molecule has 2 aliphatic rings. The van der Waals surface area contributed by atoms with Gasteiger partial charge in [-0.15, -0.1) is 0 Å². The third-order valence-corrected chi connectivity index (χ3v) is 7.84. The van der Waals surface area contributed by atoms with Gasteiger partial charge in [-0.25, -0.2) is 4.98 Å². The number of carbonyl (C=O) groups is 1. The summed E-state index contributed by atoms with van der Waals surface area (Å²) in [6.45, 7) is 3.92. The number of nitrogens with two attached hydrogens (primary N) is 1. The highest BCUT2D eigenvalue weighted by Gasteiger charge is 2.24. The first kappa shape index (κ1) is 27.3. The maximum Gasteiger partial charge on any atom is 0.260 e. The number of carbonyl (C=O) groups excluding carboxylic acids is 1. The molecule has 1 unspecified atom stereocenters. The largest absolute Gasteiger partial charge is 0.381 e. The lowest BCUT2D eigenvalue weighted by Crippen LogP contribution is -2.47. The minimum absolute atomic E-state index is 0.0783. The van der Waals surface area contributed by atoms with E-state index in [2.05, 4.69) is 20.4 Å². The number of aromatic nitrogens is 5. The summed E-state index contributed by atoms with van der Waals surface area (Å²) in [5.41, 5.74) is 7.60. The first-order chi connectivity index (χ1) is 19.9. The van der Waals surface area contributed by atoms with E-state index in [9.17, 15) is 9.59 Å². The van der Waals surface area contributed by atoms with Crippen molar-refractivity contribution in [2.75, 3.05) is 31.6 Å². The van der Waals surface area contributed by atoms with Gasteiger partial charge in [0.25, 0.3) is 5.56 Å². The normalized spacial score (nSPS) is 18.1. The highest BCUT2D eigenvalue weighted by molar-refractivity contribution is 6.33. The number of amides is 1. The van der Waals surface area contributed by atoms with E-state index in [1.807, 2.05) is 0 Å². The van der Waals surface area contributed by atoms with Crippen LogP contribution < -0.4 is 16.6 Å². The van der Waals surface area contributed by atoms with E-state index in [4.69, 9.17) is 31.6 Å². The summed E-state index contributed by atoms with van der Waals surface area (Å²) in [6, 6.07) is 7.00. The van der Waals surface area contributed by atoms with Crippen LogP contribution in [0.1, 0.15) is 31.6 Å². The molecule has 3 aromatic heterocycles. The third kappa shape index (κ3) is 5.81. The van der Waals surface area contributed by atoms with E-state index in [0.717, 1.165) is 25.7 Å². The van der Waals surface area contributed by atoms with Gasteiger partial charge in [0, 0.05) is 78.6 Å². The molecule has 12 nitrogen and oxygen atoms in total. The number of nitrogens with one attached hydrogen (secondary N) is 1. The predicted molar refractivity (Wildman–Crippen MR) is 154 cm³/mol. The SMILES string of the molecule is Cc1nc(-c2ccc(-c3cc4cnc(NC5CCOCC5)nc4n(CC(=O)N4CCCC(N)C4)c3=O)c(Cl)c2)no1. The number of hydrogen-bond acceptors (Lipinski definition) is 10. The molecule has 2 fully saturated rings. The first-order valence-corrected chi connectivity index (χ1v) is 14.1. The molecule has 1 amide bonds. The Kier molecular flexibility index (Phi) is 7.69. The molecule has 2 aliphatic heterocycles. The quantitative estimate of drug-likeness (QED) is 0.349. The molecule has 0 spiro atoms. The fourth-order valence-electron chi connectivity index (χ4n) is 5.35. The van der Waals surface area contributed by atoms with Gasteiger partial charge in [-0.3, -0.25) is 14.2 Å². The lowest BCUT2D eigenvalue weighted by atomic mass is 10.0. The molecule has 0 aliphatic carbocycles. The molecule has 0 saturated carbocycles. The Bertz CT molecular complexity index is 1650. The smallest absolute Gasteiger partial charge is 0.260 e. The number of ether oxygens (including phenoxy) is 1. The first-order valence-electron chi connectivity index (χ1n) is 13.7. The molecule has 3 N–H and O–H groups in total. The monoisotopic (exact) mass is 578 g/mol. The summed E-state index contributed by atoms with van der Waals surface area (Å²) >= 11 is 6.70. The van der Waals surface area contributed by atoms with Crippen LogP contribution in [0, 0.1) is 6.92 Å². The van der Waals surface area contributed by atoms with Gasteiger partial charge in [0.1, 0.15) is 12.2 Å². The van der Waals surface area contributed by atoms with Crippen molar-refractivity contribution in [3.05, 3.63) is 51.7 Å². The summed E-state index contributed by atoms with van der Waals surface area (Å²) in [4.78, 5) is 42.6. The summed E-state index contributed by atoms with van der Waals surface area (Å²) < 4.78 is 11.9. The van der Waals surface area contributed by atoms with Crippen molar-refractivity contribution < 1.29 is 14.1 Å². The Labute approximate surface area is 240 Å². The van der Waals surface area contributed by atoms with Gasteiger partial charge in [0.15, 0.2) is 0 Å². The second-order valence-electron chi connectivity index (χ2n) is 10.5. The summed E-state index contributed by atoms with van der Waals surface area (Å²) in [6.07, 6.45) is 5.02. The highest BCUT2D eigenvalue weighted by Crippen LogP contribution is 2.31. The van der Waals surface area contributed by atoms with E-state index in [1.54, 1.807) is 42.3 Å². The maximum atomic E-state index is 14.0. The van der Waals surface area contributed by atoms with Crippen LogP contribution in [0.25, 0.3) is 33.5 Å². The Morgan fingerprint density at radius 2 is 2.00 bits per heavy atom. The zero-order chi connectivity index (χ0) is 28.5. The fraction of sp³-hybridized carbons (Fsp3) is 0.429. The summed E-state index contributed by atoms with van der Waals surface area (Å²) in [5, 5.41) is 8.23. The summed E-state index contributed by atoms with van der Waals surface area (Å²) in [7, 11) is 0. The fourth-order valence-corrected chi connectivity index (χ4v) is 5.64. The van der Waals surface area contributed by atoms with Crippen molar-refractivity contribution >= 4 is 34.5 Å². The molecule has 214 valence electrons. The molecule has 0 radical (unpaired) electrons. The zero-order valence-electron chi connectivity index (χ0n) is 22.7. The van der Waals surface area contributed by atoms with Crippen LogP contribution in [-0.4, -0.2) is 73.9 Å². The van der Waals surface area contributed by atoms with Gasteiger partial charge < -0.3 is 25.2 Å². The number of halogens is 1. The number of fused-ring (bicyclic) bond motifs is 1. The second-order valence-corrected chi connectivity index (χ2v) is 10.9. The number of likely N-dealkylation sites (tertiary alicyclic amines) is 1. The highest BCUT2D eigenvalue weighted by atomic mass is 35.5. The molecular formula is C28H31ClN8O4. The van der Waals surface area contributed by atoms with Crippen molar-refractivity contribution in [1.82, 2.24) is 29.6 Å². The number of hydrogen-bond donors (Lipinski definition) is 2. The molecule has 2 saturated heterocycles. The minimum Gasteiger partial charge on any atom is -0.381 e. The number of rotatable bonds is 6. The minimum atomic E-state index is -0.382. The Hall–Kier alpha value is -3.87. The lowest BCUT2D eigenvalue weighted by Gasteiger charge is -2.31. The van der Waals surface area contributed by atoms with Crippen molar-refractivity contribution in [2.45, 2.75) is 51.2 Å². The van der Waals surface area contributed by atoms with Gasteiger partial charge in [-0.2, -0.15) is 9.97 Å². The van der Waals surface area contributed by atoms with Crippen LogP contribution >= 0.6 is 11.6 Å². The molecule has 4 aromatic rings. The van der Waals surface area contributed by atoms with Crippen LogP contribution in [0.15, 0.2) is 39.8 Å². The molecule has 13 heteroatoms. The van der Waals surface area contributed by atoms with Crippen LogP contribution in [0.3, 0.4) is 0 Å². The average molecular weight is 579 g/mol. The van der Waals surface area contributed by atoms with Gasteiger partial charge in [0.2, 0.25) is 23.6 Å². The molecular weight excluding hydrogens is 548 g/mol. The number of aryl methyl sites for hydroxylation is 1. The topological polar surface area (TPSA) is 154 Å². The van der Waals surface area contributed by atoms with Crippen LogP contribution in [0.4, 0.5) is 5.95 Å². The Balaban J connectivity index is 1.41. The Morgan fingerprint density at radius 1 is 1.17 bits per heavy atom. The van der Waals surface area contributed by atoms with Crippen molar-refractivity contribution in [1.29, 1.82) is 0 Å². The molecule has 41 heavy (non-hydrogen) atoms.